The van der Waals surface area contributed by atoms with Crippen molar-refractivity contribution >= 4 is 22.8 Å². The standard InChI is InChI=1S/C25H18F6N2O3.Na/c26-15-8-21(27)20(22(28)9-15)11-36-23-19(7-14(10-33-23)25(29,30)31)18-3-1-2-17(18)12-4-13(24(34)35)6-16(32)5-12;/h4-10H,1-3,11,32H2,(H,34,35);/q;+1/p-1. The van der Waals surface area contributed by atoms with E-state index < -0.39 is 47.3 Å². The molecule has 0 spiro atoms. The average molecular weight is 530 g/mol. The molecule has 0 aliphatic heterocycles. The minimum atomic E-state index is -4.74. The number of benzene rings is 2. The molecule has 3 aromatic rings. The fraction of sp³-hybridized carbons (Fsp3) is 0.200. The third kappa shape index (κ3) is 6.28. The van der Waals surface area contributed by atoms with Crippen LogP contribution in [0, 0.1) is 17.5 Å². The predicted molar refractivity (Wildman–Crippen MR) is 116 cm³/mol. The van der Waals surface area contributed by atoms with Crippen LogP contribution in [-0.2, 0) is 12.8 Å². The molecule has 0 saturated heterocycles. The zero-order chi connectivity index (χ0) is 26.2. The number of ether oxygens (including phenoxy) is 1. The second-order valence-corrected chi connectivity index (χ2v) is 8.15. The molecule has 0 atom stereocenters. The summed E-state index contributed by atoms with van der Waals surface area (Å²) in [6, 6.07) is 5.70. The minimum absolute atomic E-state index is 0. The summed E-state index contributed by atoms with van der Waals surface area (Å²) in [4.78, 5) is 15.1. The van der Waals surface area contributed by atoms with Gasteiger partial charge in [0.15, 0.2) is 0 Å². The Hall–Kier alpha value is -3.02. The van der Waals surface area contributed by atoms with E-state index in [1.54, 1.807) is 0 Å². The number of hydrogen-bond donors (Lipinski definition) is 1. The van der Waals surface area contributed by atoms with Gasteiger partial charge >= 0.3 is 35.7 Å². The van der Waals surface area contributed by atoms with E-state index in [4.69, 9.17) is 10.5 Å². The average Bonchev–Trinajstić information content (AvgIpc) is 3.27. The SMILES string of the molecule is Nc1cc(C(=O)[O-])cc(C2=C(c3cc(C(F)(F)F)cnc3OCc3c(F)cc(F)cc3F)CCC2)c1.[Na+]. The molecule has 2 N–H and O–H groups in total. The molecule has 1 aromatic heterocycles. The van der Waals surface area contributed by atoms with Crippen LogP contribution < -0.4 is 45.1 Å². The smallest absolute Gasteiger partial charge is 0.545 e. The second kappa shape index (κ2) is 11.2. The van der Waals surface area contributed by atoms with Gasteiger partial charge in [-0.3, -0.25) is 0 Å². The number of nitrogens with zero attached hydrogens (tertiary/aromatic N) is 1. The van der Waals surface area contributed by atoms with Crippen molar-refractivity contribution in [2.45, 2.75) is 32.0 Å². The van der Waals surface area contributed by atoms with E-state index in [1.165, 1.54) is 18.2 Å². The quantitative estimate of drug-likeness (QED) is 0.300. The van der Waals surface area contributed by atoms with Crippen LogP contribution in [0.2, 0.25) is 0 Å². The molecule has 188 valence electrons. The number of allylic oxidation sites excluding steroid dienone is 2. The number of carbonyl (C=O) groups excluding carboxylic acids is 1. The molecule has 5 nitrogen and oxygen atoms in total. The van der Waals surface area contributed by atoms with Gasteiger partial charge in [0.25, 0.3) is 0 Å². The van der Waals surface area contributed by atoms with E-state index >= 15 is 0 Å². The first kappa shape index (κ1) is 28.5. The van der Waals surface area contributed by atoms with Crippen LogP contribution >= 0.6 is 0 Å². The third-order valence-corrected chi connectivity index (χ3v) is 5.72. The van der Waals surface area contributed by atoms with Gasteiger partial charge < -0.3 is 20.4 Å². The Balaban J connectivity index is 0.00000380. The van der Waals surface area contributed by atoms with Crippen molar-refractivity contribution < 1.29 is 70.5 Å². The molecule has 37 heavy (non-hydrogen) atoms. The van der Waals surface area contributed by atoms with Crippen LogP contribution in [0.1, 0.15) is 51.9 Å². The first-order chi connectivity index (χ1) is 16.9. The maximum atomic E-state index is 14.1. The van der Waals surface area contributed by atoms with Gasteiger partial charge in [-0.05, 0) is 65.8 Å². The number of aromatic nitrogens is 1. The van der Waals surface area contributed by atoms with Gasteiger partial charge in [0.2, 0.25) is 5.88 Å². The molecule has 0 unspecified atom stereocenters. The van der Waals surface area contributed by atoms with E-state index in [0.29, 0.717) is 54.3 Å². The Kier molecular flexibility index (Phi) is 8.61. The van der Waals surface area contributed by atoms with Gasteiger partial charge in [-0.25, -0.2) is 18.2 Å². The third-order valence-electron chi connectivity index (χ3n) is 5.72. The summed E-state index contributed by atoms with van der Waals surface area (Å²) in [6.07, 6.45) is -3.00. The molecule has 0 radical (unpaired) electrons. The minimum Gasteiger partial charge on any atom is -0.545 e. The summed E-state index contributed by atoms with van der Waals surface area (Å²) < 4.78 is 87.2. The van der Waals surface area contributed by atoms with Gasteiger partial charge in [-0.15, -0.1) is 0 Å². The van der Waals surface area contributed by atoms with E-state index in [2.05, 4.69) is 4.98 Å². The first-order valence-corrected chi connectivity index (χ1v) is 10.6. The van der Waals surface area contributed by atoms with E-state index in [0.717, 1.165) is 6.07 Å². The van der Waals surface area contributed by atoms with Crippen LogP contribution in [0.5, 0.6) is 5.88 Å². The summed E-state index contributed by atoms with van der Waals surface area (Å²) in [5.74, 6) is -5.39. The van der Waals surface area contributed by atoms with Crippen molar-refractivity contribution in [3.63, 3.8) is 0 Å². The van der Waals surface area contributed by atoms with E-state index in [1.807, 2.05) is 0 Å². The van der Waals surface area contributed by atoms with Crippen molar-refractivity contribution in [1.29, 1.82) is 0 Å². The molecular weight excluding hydrogens is 513 g/mol. The summed E-state index contributed by atoms with van der Waals surface area (Å²) in [7, 11) is 0. The van der Waals surface area contributed by atoms with E-state index in [9.17, 15) is 36.2 Å². The maximum absolute atomic E-state index is 14.1. The second-order valence-electron chi connectivity index (χ2n) is 8.15. The predicted octanol–water partition coefficient (Wildman–Crippen LogP) is 2.14. The largest absolute Gasteiger partial charge is 1.00 e. The van der Waals surface area contributed by atoms with Crippen LogP contribution in [-0.4, -0.2) is 11.0 Å². The van der Waals surface area contributed by atoms with E-state index in [-0.39, 0.29) is 52.3 Å². The van der Waals surface area contributed by atoms with Gasteiger partial charge in [-0.1, -0.05) is 0 Å². The van der Waals surface area contributed by atoms with Crippen molar-refractivity contribution in [1.82, 2.24) is 4.98 Å². The van der Waals surface area contributed by atoms with Crippen LogP contribution in [0.4, 0.5) is 32.0 Å². The molecule has 0 fully saturated rings. The molecule has 1 heterocycles. The zero-order valence-corrected chi connectivity index (χ0v) is 21.4. The topological polar surface area (TPSA) is 88.3 Å². The Morgan fingerprint density at radius 2 is 1.65 bits per heavy atom. The Morgan fingerprint density at radius 3 is 2.27 bits per heavy atom. The van der Waals surface area contributed by atoms with Gasteiger partial charge in [0, 0.05) is 29.6 Å². The van der Waals surface area contributed by atoms with Gasteiger partial charge in [0.05, 0.1) is 17.1 Å². The summed E-state index contributed by atoms with van der Waals surface area (Å²) in [5, 5.41) is 11.4. The number of carboxylic acids is 1. The van der Waals surface area contributed by atoms with Crippen molar-refractivity contribution in [3.05, 3.63) is 87.9 Å². The zero-order valence-electron chi connectivity index (χ0n) is 19.4. The number of nitrogens with two attached hydrogens (primary N) is 1. The summed E-state index contributed by atoms with van der Waals surface area (Å²) in [5.41, 5.74) is 5.24. The Morgan fingerprint density at radius 1 is 1.00 bits per heavy atom. The van der Waals surface area contributed by atoms with Crippen molar-refractivity contribution in [2.75, 3.05) is 5.73 Å². The number of pyridine rings is 1. The molecule has 0 bridgehead atoms. The molecule has 1 aliphatic carbocycles. The number of alkyl halides is 3. The normalized spacial score (nSPS) is 13.5. The molecule has 1 aliphatic rings. The number of rotatable bonds is 6. The molecule has 0 saturated carbocycles. The van der Waals surface area contributed by atoms with Gasteiger partial charge in [0.1, 0.15) is 24.1 Å². The number of hydrogen-bond acceptors (Lipinski definition) is 5. The number of halogens is 6. The molecular formula is C25H17F6N2NaO3. The number of carboxylic acid groups (broad SMARTS) is 1. The van der Waals surface area contributed by atoms with Crippen LogP contribution in [0.15, 0.2) is 42.6 Å². The van der Waals surface area contributed by atoms with Crippen LogP contribution in [0.3, 0.4) is 0 Å². The fourth-order valence-electron chi connectivity index (χ4n) is 4.09. The first-order valence-electron chi connectivity index (χ1n) is 10.6. The molecule has 0 amide bonds. The molecule has 12 heteroatoms. The number of anilines is 1. The number of carbonyl (C=O) groups is 1. The maximum Gasteiger partial charge on any atom is 1.00 e. The van der Waals surface area contributed by atoms with Crippen LogP contribution in [0.25, 0.3) is 11.1 Å². The molecule has 2 aromatic carbocycles. The van der Waals surface area contributed by atoms with Crippen molar-refractivity contribution in [3.8, 4) is 5.88 Å². The Labute approximate surface area is 229 Å². The summed E-state index contributed by atoms with van der Waals surface area (Å²) >= 11 is 0. The van der Waals surface area contributed by atoms with Gasteiger partial charge in [-0.2, -0.15) is 13.2 Å². The Bertz CT molecular complexity index is 1370. The number of aromatic carboxylic acids is 1. The summed E-state index contributed by atoms with van der Waals surface area (Å²) in [6.45, 7) is -0.765. The molecule has 4 rings (SSSR count). The fourth-order valence-corrected chi connectivity index (χ4v) is 4.09. The number of nitrogen functional groups attached to an aromatic ring is 1. The monoisotopic (exact) mass is 530 g/mol. The van der Waals surface area contributed by atoms with Crippen molar-refractivity contribution in [2.24, 2.45) is 0 Å².